The van der Waals surface area contributed by atoms with Crippen LogP contribution in [0.5, 0.6) is 0 Å². The van der Waals surface area contributed by atoms with E-state index in [1.807, 2.05) is 0 Å². The average Bonchev–Trinajstić information content (AvgIpc) is 2.50. The van der Waals surface area contributed by atoms with Gasteiger partial charge in [0.15, 0.2) is 0 Å². The van der Waals surface area contributed by atoms with Crippen molar-refractivity contribution in [2.75, 3.05) is 19.6 Å². The normalized spacial score (nSPS) is 27.6. The molecule has 0 spiro atoms. The number of hydrogen-bond donors (Lipinski definition) is 0. The molecule has 0 aliphatic carbocycles. The van der Waals surface area contributed by atoms with Gasteiger partial charge in [0.25, 0.3) is 0 Å². The Hall–Kier alpha value is -1.00. The maximum absolute atomic E-state index is 13.9. The summed E-state index contributed by atoms with van der Waals surface area (Å²) < 4.78 is 27.2. The van der Waals surface area contributed by atoms with E-state index >= 15 is 0 Å². The molecule has 0 bridgehead atoms. The Balaban J connectivity index is 1.74. The third-order valence-electron chi connectivity index (χ3n) is 5.01. The summed E-state index contributed by atoms with van der Waals surface area (Å²) in [5.74, 6) is -0.645. The minimum Gasteiger partial charge on any atom is -0.298 e. The van der Waals surface area contributed by atoms with Gasteiger partial charge in [-0.05, 0) is 44.0 Å². The van der Waals surface area contributed by atoms with Crippen molar-refractivity contribution in [1.29, 1.82) is 0 Å². The average molecular weight is 294 g/mol. The van der Waals surface area contributed by atoms with Gasteiger partial charge < -0.3 is 0 Å². The van der Waals surface area contributed by atoms with Crippen LogP contribution < -0.4 is 0 Å². The van der Waals surface area contributed by atoms with Gasteiger partial charge in [-0.15, -0.1) is 0 Å². The van der Waals surface area contributed by atoms with Gasteiger partial charge in [0.2, 0.25) is 0 Å². The number of piperazine rings is 1. The van der Waals surface area contributed by atoms with Crippen molar-refractivity contribution in [3.05, 3.63) is 35.4 Å². The molecule has 1 aromatic rings. The number of piperidine rings is 1. The molecule has 3 rings (SSSR count). The molecule has 2 aliphatic rings. The zero-order chi connectivity index (χ0) is 14.8. The summed E-state index contributed by atoms with van der Waals surface area (Å²) in [5.41, 5.74) is 0.484. The van der Waals surface area contributed by atoms with Crippen LogP contribution >= 0.6 is 0 Å². The largest absolute Gasteiger partial charge is 0.298 e. The fourth-order valence-electron chi connectivity index (χ4n) is 3.78. The Kier molecular flexibility index (Phi) is 4.55. The van der Waals surface area contributed by atoms with Gasteiger partial charge in [0.1, 0.15) is 11.6 Å². The van der Waals surface area contributed by atoms with Crippen LogP contribution in [0.3, 0.4) is 0 Å². The minimum atomic E-state index is -0.351. The van der Waals surface area contributed by atoms with Crippen molar-refractivity contribution in [2.24, 2.45) is 0 Å². The predicted octanol–water partition coefficient (Wildman–Crippen LogP) is 3.41. The van der Waals surface area contributed by atoms with Gasteiger partial charge in [-0.2, -0.15) is 0 Å². The molecule has 21 heavy (non-hydrogen) atoms. The molecule has 2 heterocycles. The molecule has 2 nitrogen and oxygen atoms in total. The molecule has 2 aliphatic heterocycles. The van der Waals surface area contributed by atoms with Crippen LogP contribution in [0.1, 0.15) is 38.2 Å². The second kappa shape index (κ2) is 6.41. The van der Waals surface area contributed by atoms with E-state index in [-0.39, 0.29) is 11.6 Å². The molecule has 2 atom stereocenters. The van der Waals surface area contributed by atoms with Crippen LogP contribution in [0.4, 0.5) is 8.78 Å². The van der Waals surface area contributed by atoms with E-state index in [0.717, 1.165) is 19.5 Å². The van der Waals surface area contributed by atoms with Crippen LogP contribution in [-0.4, -0.2) is 41.5 Å². The van der Waals surface area contributed by atoms with Gasteiger partial charge in [-0.25, -0.2) is 8.78 Å². The Morgan fingerprint density at radius 2 is 2.05 bits per heavy atom. The summed E-state index contributed by atoms with van der Waals surface area (Å²) in [5, 5.41) is 0. The molecule has 2 unspecified atom stereocenters. The summed E-state index contributed by atoms with van der Waals surface area (Å²) in [7, 11) is 0. The van der Waals surface area contributed by atoms with Crippen molar-refractivity contribution in [1.82, 2.24) is 9.80 Å². The monoisotopic (exact) mass is 294 g/mol. The topological polar surface area (TPSA) is 6.48 Å². The van der Waals surface area contributed by atoms with Gasteiger partial charge in [0, 0.05) is 37.3 Å². The number of hydrogen-bond acceptors (Lipinski definition) is 2. The highest BCUT2D eigenvalue weighted by Gasteiger charge is 2.34. The molecule has 2 fully saturated rings. The summed E-state index contributed by atoms with van der Waals surface area (Å²) in [4.78, 5) is 4.94. The first-order valence-electron chi connectivity index (χ1n) is 8.09. The van der Waals surface area contributed by atoms with Crippen LogP contribution in [0.15, 0.2) is 18.2 Å². The highest BCUT2D eigenvalue weighted by atomic mass is 19.1. The SMILES string of the molecule is CCC1CN2CCCCC2CN1Cc1cc(F)ccc1F. The standard InChI is InChI=1S/C17H24F2N2/c1-2-15-11-20-8-4-3-5-16(20)12-21(15)10-13-9-14(18)6-7-17(13)19/h6-7,9,15-16H,2-5,8,10-12H2,1H3. The van der Waals surface area contributed by atoms with Gasteiger partial charge >= 0.3 is 0 Å². The first kappa shape index (κ1) is 14.9. The quantitative estimate of drug-likeness (QED) is 0.843. The summed E-state index contributed by atoms with van der Waals surface area (Å²) in [6.45, 7) is 5.95. The van der Waals surface area contributed by atoms with Crippen LogP contribution in [0.25, 0.3) is 0 Å². The molecule has 0 saturated carbocycles. The predicted molar refractivity (Wildman–Crippen MR) is 80.1 cm³/mol. The molecular formula is C17H24F2N2. The lowest BCUT2D eigenvalue weighted by Gasteiger charge is -2.48. The summed E-state index contributed by atoms with van der Waals surface area (Å²) >= 11 is 0. The fourth-order valence-corrected chi connectivity index (χ4v) is 3.78. The van der Waals surface area contributed by atoms with Gasteiger partial charge in [0.05, 0.1) is 0 Å². The molecular weight excluding hydrogens is 270 g/mol. The first-order chi connectivity index (χ1) is 10.2. The first-order valence-corrected chi connectivity index (χ1v) is 8.09. The number of benzene rings is 1. The third-order valence-corrected chi connectivity index (χ3v) is 5.01. The fraction of sp³-hybridized carbons (Fsp3) is 0.647. The van der Waals surface area contributed by atoms with Crippen LogP contribution in [0, 0.1) is 11.6 Å². The van der Waals surface area contributed by atoms with E-state index in [9.17, 15) is 8.78 Å². The minimum absolute atomic E-state index is 0.294. The van der Waals surface area contributed by atoms with Crippen molar-refractivity contribution >= 4 is 0 Å². The molecule has 2 saturated heterocycles. The lowest BCUT2D eigenvalue weighted by molar-refractivity contribution is 0.00277. The molecule has 0 N–H and O–H groups in total. The van der Waals surface area contributed by atoms with E-state index in [0.29, 0.717) is 24.2 Å². The van der Waals surface area contributed by atoms with Gasteiger partial charge in [-0.3, -0.25) is 9.80 Å². The van der Waals surface area contributed by atoms with Crippen molar-refractivity contribution < 1.29 is 8.78 Å². The number of halogens is 2. The maximum Gasteiger partial charge on any atom is 0.127 e. The second-order valence-electron chi connectivity index (χ2n) is 6.37. The zero-order valence-electron chi connectivity index (χ0n) is 12.7. The van der Waals surface area contributed by atoms with Crippen molar-refractivity contribution in [2.45, 2.75) is 51.2 Å². The highest BCUT2D eigenvalue weighted by Crippen LogP contribution is 2.27. The molecule has 0 radical (unpaired) electrons. The van der Waals surface area contributed by atoms with Crippen molar-refractivity contribution in [3.63, 3.8) is 0 Å². The second-order valence-corrected chi connectivity index (χ2v) is 6.37. The van der Waals surface area contributed by atoms with E-state index in [4.69, 9.17) is 0 Å². The van der Waals surface area contributed by atoms with Crippen LogP contribution in [-0.2, 0) is 6.54 Å². The Bertz CT molecular complexity index is 492. The molecule has 4 heteroatoms. The van der Waals surface area contributed by atoms with E-state index in [1.165, 1.54) is 44.0 Å². The van der Waals surface area contributed by atoms with E-state index < -0.39 is 0 Å². The zero-order valence-corrected chi connectivity index (χ0v) is 12.7. The molecule has 0 aromatic heterocycles. The van der Waals surface area contributed by atoms with E-state index in [2.05, 4.69) is 16.7 Å². The van der Waals surface area contributed by atoms with Gasteiger partial charge in [-0.1, -0.05) is 13.3 Å². The summed E-state index contributed by atoms with van der Waals surface area (Å²) in [6.07, 6.45) is 4.88. The lowest BCUT2D eigenvalue weighted by atomic mass is 9.95. The van der Waals surface area contributed by atoms with Crippen molar-refractivity contribution in [3.8, 4) is 0 Å². The lowest BCUT2D eigenvalue weighted by Crippen LogP contribution is -2.59. The Morgan fingerprint density at radius 1 is 1.19 bits per heavy atom. The molecule has 116 valence electrons. The smallest absolute Gasteiger partial charge is 0.127 e. The molecule has 0 amide bonds. The number of fused-ring (bicyclic) bond motifs is 1. The number of rotatable bonds is 3. The van der Waals surface area contributed by atoms with E-state index in [1.54, 1.807) is 0 Å². The van der Waals surface area contributed by atoms with Crippen LogP contribution in [0.2, 0.25) is 0 Å². The Labute approximate surface area is 125 Å². The highest BCUT2D eigenvalue weighted by molar-refractivity contribution is 5.19. The number of nitrogens with zero attached hydrogens (tertiary/aromatic N) is 2. The third kappa shape index (κ3) is 3.27. The molecule has 1 aromatic carbocycles. The Morgan fingerprint density at radius 3 is 2.86 bits per heavy atom. The maximum atomic E-state index is 13.9. The summed E-state index contributed by atoms with van der Waals surface area (Å²) in [6, 6.07) is 4.81.